The first kappa shape index (κ1) is 34.7. The summed E-state index contributed by atoms with van der Waals surface area (Å²) in [7, 11) is 3.05. The molecule has 0 aliphatic carbocycles. The SMILES string of the molecule is CCOc1ccc(-c2csc(NC(=O)CSc3cccc(NC(=O)/C(=C\c4cc(OC)ccc4OC)NC(=O)c4ccccc4)c3)n2)cc1. The topological polar surface area (TPSA) is 128 Å². The number of rotatable bonds is 14. The molecule has 1 heterocycles. The van der Waals surface area contributed by atoms with Gasteiger partial charge in [-0.1, -0.05) is 24.3 Å². The number of aromatic nitrogens is 1. The molecule has 0 aliphatic rings. The molecule has 49 heavy (non-hydrogen) atoms. The van der Waals surface area contributed by atoms with Gasteiger partial charge in [-0.2, -0.15) is 0 Å². The van der Waals surface area contributed by atoms with E-state index < -0.39 is 11.8 Å². The Bertz CT molecular complexity index is 1940. The number of amides is 3. The first-order valence-electron chi connectivity index (χ1n) is 15.2. The highest BCUT2D eigenvalue weighted by Crippen LogP contribution is 2.29. The lowest BCUT2D eigenvalue weighted by atomic mass is 10.1. The summed E-state index contributed by atoms with van der Waals surface area (Å²) >= 11 is 2.66. The number of benzene rings is 4. The Labute approximate surface area is 292 Å². The summed E-state index contributed by atoms with van der Waals surface area (Å²) in [6, 6.07) is 28.5. The van der Waals surface area contributed by atoms with Crippen LogP contribution in [0.4, 0.5) is 10.8 Å². The highest BCUT2D eigenvalue weighted by atomic mass is 32.2. The summed E-state index contributed by atoms with van der Waals surface area (Å²) in [6.07, 6.45) is 1.53. The molecule has 0 bridgehead atoms. The van der Waals surface area contributed by atoms with Crippen LogP contribution in [0.2, 0.25) is 0 Å². The third kappa shape index (κ3) is 9.72. The van der Waals surface area contributed by atoms with Gasteiger partial charge in [0.2, 0.25) is 5.91 Å². The summed E-state index contributed by atoms with van der Waals surface area (Å²) < 4.78 is 16.3. The summed E-state index contributed by atoms with van der Waals surface area (Å²) in [6.45, 7) is 2.53. The van der Waals surface area contributed by atoms with Gasteiger partial charge in [-0.05, 0) is 85.8 Å². The van der Waals surface area contributed by atoms with Crippen molar-refractivity contribution in [2.24, 2.45) is 0 Å². The number of thiazole rings is 1. The van der Waals surface area contributed by atoms with E-state index in [-0.39, 0.29) is 17.4 Å². The summed E-state index contributed by atoms with van der Waals surface area (Å²) in [4.78, 5) is 44.8. The number of carbonyl (C=O) groups excluding carboxylic acids is 3. The second-order valence-electron chi connectivity index (χ2n) is 10.3. The van der Waals surface area contributed by atoms with Gasteiger partial charge in [-0.25, -0.2) is 4.98 Å². The van der Waals surface area contributed by atoms with E-state index in [0.29, 0.717) is 40.1 Å². The average Bonchev–Trinajstić information content (AvgIpc) is 3.59. The molecular formula is C37H34N4O6S2. The van der Waals surface area contributed by atoms with Crippen molar-refractivity contribution in [1.29, 1.82) is 0 Å². The van der Waals surface area contributed by atoms with Crippen LogP contribution < -0.4 is 30.2 Å². The molecule has 12 heteroatoms. The predicted molar refractivity (Wildman–Crippen MR) is 195 cm³/mol. The van der Waals surface area contributed by atoms with Gasteiger partial charge in [-0.15, -0.1) is 23.1 Å². The lowest BCUT2D eigenvalue weighted by Crippen LogP contribution is -2.30. The van der Waals surface area contributed by atoms with E-state index >= 15 is 0 Å². The molecule has 0 unspecified atom stereocenters. The maximum atomic E-state index is 13.6. The Morgan fingerprint density at radius 1 is 0.857 bits per heavy atom. The molecule has 0 fully saturated rings. The standard InChI is InChI=1S/C37H34N4O6S2/c1-4-47-28-15-13-24(14-16-28)32-22-49-37(40-32)41-34(42)23-48-30-12-8-11-27(21-30)38-36(44)31(39-35(43)25-9-6-5-7-10-25)20-26-19-29(45-2)17-18-33(26)46-3/h5-22H,4,23H2,1-3H3,(H,38,44)(H,39,43)(H,40,41,42)/b31-20+. The Hall–Kier alpha value is -5.59. The van der Waals surface area contributed by atoms with E-state index in [2.05, 4.69) is 20.9 Å². The van der Waals surface area contributed by atoms with Crippen molar-refractivity contribution in [3.05, 3.63) is 119 Å². The molecule has 5 aromatic rings. The maximum absolute atomic E-state index is 13.6. The largest absolute Gasteiger partial charge is 0.497 e. The van der Waals surface area contributed by atoms with Crippen molar-refractivity contribution in [1.82, 2.24) is 10.3 Å². The van der Waals surface area contributed by atoms with Crippen LogP contribution in [0, 0.1) is 0 Å². The van der Waals surface area contributed by atoms with E-state index in [1.54, 1.807) is 66.7 Å². The van der Waals surface area contributed by atoms with Crippen molar-refractivity contribution in [2.45, 2.75) is 11.8 Å². The number of hydrogen-bond donors (Lipinski definition) is 3. The quantitative estimate of drug-likeness (QED) is 0.0813. The lowest BCUT2D eigenvalue weighted by Gasteiger charge is -2.13. The average molecular weight is 695 g/mol. The van der Waals surface area contributed by atoms with Gasteiger partial charge in [0.1, 0.15) is 22.9 Å². The monoisotopic (exact) mass is 694 g/mol. The Morgan fingerprint density at radius 3 is 2.37 bits per heavy atom. The molecule has 3 N–H and O–H groups in total. The molecule has 4 aromatic carbocycles. The third-order valence-corrected chi connectivity index (χ3v) is 8.69. The molecule has 0 aliphatic heterocycles. The van der Waals surface area contributed by atoms with E-state index in [9.17, 15) is 14.4 Å². The predicted octanol–water partition coefficient (Wildman–Crippen LogP) is 7.37. The van der Waals surface area contributed by atoms with Crippen LogP contribution in [0.15, 0.2) is 113 Å². The fourth-order valence-corrected chi connectivity index (χ4v) is 6.06. The summed E-state index contributed by atoms with van der Waals surface area (Å²) in [5.74, 6) is 0.736. The number of ether oxygens (including phenoxy) is 3. The van der Waals surface area contributed by atoms with Gasteiger partial charge in [0.15, 0.2) is 5.13 Å². The van der Waals surface area contributed by atoms with Gasteiger partial charge < -0.3 is 30.2 Å². The summed E-state index contributed by atoms with van der Waals surface area (Å²) in [5, 5.41) is 10.8. The van der Waals surface area contributed by atoms with Crippen LogP contribution in [-0.2, 0) is 9.59 Å². The van der Waals surface area contributed by atoms with Crippen LogP contribution in [0.25, 0.3) is 17.3 Å². The molecule has 5 rings (SSSR count). The Morgan fingerprint density at radius 2 is 1.63 bits per heavy atom. The van der Waals surface area contributed by atoms with Gasteiger partial charge in [0.05, 0.1) is 32.3 Å². The highest BCUT2D eigenvalue weighted by Gasteiger charge is 2.17. The van der Waals surface area contributed by atoms with Gasteiger partial charge in [-0.3, -0.25) is 14.4 Å². The maximum Gasteiger partial charge on any atom is 0.272 e. The van der Waals surface area contributed by atoms with E-state index in [0.717, 1.165) is 21.9 Å². The first-order chi connectivity index (χ1) is 23.8. The minimum Gasteiger partial charge on any atom is -0.497 e. The zero-order valence-electron chi connectivity index (χ0n) is 27.0. The molecule has 0 spiro atoms. The molecule has 0 radical (unpaired) electrons. The van der Waals surface area contributed by atoms with Crippen molar-refractivity contribution < 1.29 is 28.6 Å². The second kappa shape index (κ2) is 17.0. The Kier molecular flexibility index (Phi) is 12.0. The smallest absolute Gasteiger partial charge is 0.272 e. The number of nitrogens with zero attached hydrogens (tertiary/aromatic N) is 1. The lowest BCUT2D eigenvalue weighted by molar-refractivity contribution is -0.114. The van der Waals surface area contributed by atoms with Crippen LogP contribution in [0.3, 0.4) is 0 Å². The number of hydrogen-bond acceptors (Lipinski definition) is 9. The fraction of sp³-hybridized carbons (Fsp3) is 0.135. The van der Waals surface area contributed by atoms with Gasteiger partial charge in [0.25, 0.3) is 11.8 Å². The molecule has 1 aromatic heterocycles. The fourth-order valence-electron chi connectivity index (χ4n) is 4.57. The molecule has 10 nitrogen and oxygen atoms in total. The van der Waals surface area contributed by atoms with E-state index in [1.807, 2.05) is 42.6 Å². The van der Waals surface area contributed by atoms with Gasteiger partial charge >= 0.3 is 0 Å². The first-order valence-corrected chi connectivity index (χ1v) is 17.0. The molecule has 250 valence electrons. The zero-order valence-corrected chi connectivity index (χ0v) is 28.7. The molecule has 3 amide bonds. The number of anilines is 2. The minimum atomic E-state index is -0.554. The molecule has 0 saturated heterocycles. The van der Waals surface area contributed by atoms with Crippen molar-refractivity contribution in [3.63, 3.8) is 0 Å². The van der Waals surface area contributed by atoms with Crippen molar-refractivity contribution in [2.75, 3.05) is 37.2 Å². The molecule has 0 atom stereocenters. The van der Waals surface area contributed by atoms with Crippen LogP contribution in [-0.4, -0.2) is 49.3 Å². The second-order valence-corrected chi connectivity index (χ2v) is 12.2. The summed E-state index contributed by atoms with van der Waals surface area (Å²) in [5.41, 5.74) is 3.08. The normalized spacial score (nSPS) is 11.0. The number of methoxy groups -OCH3 is 2. The zero-order chi connectivity index (χ0) is 34.6. The van der Waals surface area contributed by atoms with E-state index in [1.165, 1.54) is 43.4 Å². The van der Waals surface area contributed by atoms with Crippen molar-refractivity contribution in [3.8, 4) is 28.5 Å². The number of thioether (sulfide) groups is 1. The van der Waals surface area contributed by atoms with Gasteiger partial charge in [0, 0.05) is 32.7 Å². The minimum absolute atomic E-state index is 0.00843. The van der Waals surface area contributed by atoms with Crippen LogP contribution in [0.5, 0.6) is 17.2 Å². The number of carbonyl (C=O) groups is 3. The van der Waals surface area contributed by atoms with Crippen molar-refractivity contribution >= 4 is 57.7 Å². The van der Waals surface area contributed by atoms with Crippen LogP contribution >= 0.6 is 23.1 Å². The van der Waals surface area contributed by atoms with E-state index in [4.69, 9.17) is 14.2 Å². The third-order valence-electron chi connectivity index (χ3n) is 6.94. The molecule has 0 saturated carbocycles. The Balaban J connectivity index is 1.25. The molecular weight excluding hydrogens is 661 g/mol. The highest BCUT2D eigenvalue weighted by molar-refractivity contribution is 8.00. The van der Waals surface area contributed by atoms with Crippen LogP contribution in [0.1, 0.15) is 22.8 Å². The number of nitrogens with one attached hydrogen (secondary N) is 3.